The van der Waals surface area contributed by atoms with E-state index in [0.29, 0.717) is 38.0 Å². The molecule has 3 atom stereocenters. The van der Waals surface area contributed by atoms with E-state index in [9.17, 15) is 9.59 Å². The first kappa shape index (κ1) is 13.8. The Morgan fingerprint density at radius 3 is 2.65 bits per heavy atom. The minimum absolute atomic E-state index is 0.0847. The third kappa shape index (κ3) is 2.54. The van der Waals surface area contributed by atoms with Gasteiger partial charge in [0, 0.05) is 52.8 Å². The third-order valence-electron chi connectivity index (χ3n) is 4.83. The highest BCUT2D eigenvalue weighted by Gasteiger charge is 2.42. The summed E-state index contributed by atoms with van der Waals surface area (Å²) in [5, 5.41) is 3.38. The second kappa shape index (κ2) is 5.69. The zero-order chi connectivity index (χ0) is 14.1. The van der Waals surface area contributed by atoms with Gasteiger partial charge in [-0.25, -0.2) is 0 Å². The number of fused-ring (bicyclic) bond motifs is 1. The molecule has 3 fully saturated rings. The highest BCUT2D eigenvalue weighted by molar-refractivity contribution is 5.89. The van der Waals surface area contributed by atoms with Crippen LogP contribution in [0.3, 0.4) is 0 Å². The Labute approximate surface area is 119 Å². The fourth-order valence-electron chi connectivity index (χ4n) is 3.65. The average molecular weight is 281 g/mol. The standard InChI is InChI=1S/C14H23N3O3/c1-20-3-2-16-7-10(4-13(16)18)14(19)17-8-11-5-15-6-12(11)9-17/h10-12,15H,2-9H2,1H3/t10?,11-,12+. The van der Waals surface area contributed by atoms with Gasteiger partial charge in [0.25, 0.3) is 0 Å². The van der Waals surface area contributed by atoms with Gasteiger partial charge in [0.1, 0.15) is 0 Å². The van der Waals surface area contributed by atoms with Gasteiger partial charge in [-0.15, -0.1) is 0 Å². The Morgan fingerprint density at radius 2 is 2.00 bits per heavy atom. The fraction of sp³-hybridized carbons (Fsp3) is 0.857. The van der Waals surface area contributed by atoms with Gasteiger partial charge in [0.05, 0.1) is 12.5 Å². The Balaban J connectivity index is 1.55. The normalized spacial score (nSPS) is 33.0. The Bertz CT molecular complexity index is 389. The number of ether oxygens (including phenoxy) is 1. The summed E-state index contributed by atoms with van der Waals surface area (Å²) in [6.45, 7) is 5.46. The maximum atomic E-state index is 12.5. The molecule has 3 saturated heterocycles. The predicted octanol–water partition coefficient (Wildman–Crippen LogP) is -0.841. The molecule has 0 spiro atoms. The number of methoxy groups -OCH3 is 1. The first-order chi connectivity index (χ1) is 9.69. The molecule has 3 aliphatic rings. The van der Waals surface area contributed by atoms with Crippen LogP contribution in [-0.4, -0.2) is 74.6 Å². The molecule has 0 radical (unpaired) electrons. The molecule has 6 heteroatoms. The van der Waals surface area contributed by atoms with Crippen molar-refractivity contribution in [2.75, 3.05) is 53.0 Å². The van der Waals surface area contributed by atoms with Crippen LogP contribution in [0.5, 0.6) is 0 Å². The molecule has 1 unspecified atom stereocenters. The zero-order valence-electron chi connectivity index (χ0n) is 12.0. The molecule has 1 N–H and O–H groups in total. The molecule has 20 heavy (non-hydrogen) atoms. The number of hydrogen-bond acceptors (Lipinski definition) is 4. The summed E-state index contributed by atoms with van der Waals surface area (Å²) in [5.74, 6) is 1.33. The lowest BCUT2D eigenvalue weighted by Gasteiger charge is -2.21. The van der Waals surface area contributed by atoms with Crippen molar-refractivity contribution in [3.05, 3.63) is 0 Å². The lowest BCUT2D eigenvalue weighted by molar-refractivity contribution is -0.135. The van der Waals surface area contributed by atoms with E-state index >= 15 is 0 Å². The number of nitrogens with zero attached hydrogens (tertiary/aromatic N) is 2. The summed E-state index contributed by atoms with van der Waals surface area (Å²) in [7, 11) is 1.63. The van der Waals surface area contributed by atoms with Gasteiger partial charge in [-0.05, 0) is 11.8 Å². The number of rotatable bonds is 4. The molecule has 2 amide bonds. The van der Waals surface area contributed by atoms with E-state index in [2.05, 4.69) is 5.32 Å². The second-order valence-electron chi connectivity index (χ2n) is 6.16. The topological polar surface area (TPSA) is 61.9 Å². The van der Waals surface area contributed by atoms with Crippen LogP contribution in [0.15, 0.2) is 0 Å². The molecule has 3 rings (SSSR count). The van der Waals surface area contributed by atoms with Crippen LogP contribution in [0, 0.1) is 17.8 Å². The van der Waals surface area contributed by atoms with Crippen molar-refractivity contribution in [1.82, 2.24) is 15.1 Å². The molecular formula is C14H23N3O3. The summed E-state index contributed by atoms with van der Waals surface area (Å²) in [6.07, 6.45) is 0.368. The highest BCUT2D eigenvalue weighted by Crippen LogP contribution is 2.29. The molecule has 0 saturated carbocycles. The summed E-state index contributed by atoms with van der Waals surface area (Å²) in [6, 6.07) is 0. The smallest absolute Gasteiger partial charge is 0.228 e. The van der Waals surface area contributed by atoms with E-state index in [1.54, 1.807) is 12.0 Å². The first-order valence-electron chi connectivity index (χ1n) is 7.45. The molecule has 6 nitrogen and oxygen atoms in total. The predicted molar refractivity (Wildman–Crippen MR) is 73.0 cm³/mol. The fourth-order valence-corrected chi connectivity index (χ4v) is 3.65. The van der Waals surface area contributed by atoms with Crippen LogP contribution in [0.4, 0.5) is 0 Å². The Morgan fingerprint density at radius 1 is 1.30 bits per heavy atom. The van der Waals surface area contributed by atoms with E-state index in [-0.39, 0.29) is 17.7 Å². The molecule has 0 aromatic rings. The minimum atomic E-state index is -0.147. The lowest BCUT2D eigenvalue weighted by atomic mass is 10.0. The summed E-state index contributed by atoms with van der Waals surface area (Å²) in [5.41, 5.74) is 0. The number of hydrogen-bond donors (Lipinski definition) is 1. The van der Waals surface area contributed by atoms with Crippen LogP contribution in [0.2, 0.25) is 0 Å². The van der Waals surface area contributed by atoms with Crippen molar-refractivity contribution in [1.29, 1.82) is 0 Å². The Kier molecular flexibility index (Phi) is 3.94. The number of nitrogens with one attached hydrogen (secondary N) is 1. The molecular weight excluding hydrogens is 258 g/mol. The number of carbonyl (C=O) groups is 2. The van der Waals surface area contributed by atoms with E-state index in [1.165, 1.54) is 0 Å². The number of carbonyl (C=O) groups excluding carboxylic acids is 2. The number of amides is 2. The van der Waals surface area contributed by atoms with Gasteiger partial charge in [-0.2, -0.15) is 0 Å². The number of likely N-dealkylation sites (tertiary alicyclic amines) is 2. The SMILES string of the molecule is COCCN1CC(C(=O)N2C[C@H]3CNC[C@H]3C2)CC1=O. The zero-order valence-corrected chi connectivity index (χ0v) is 12.0. The van der Waals surface area contributed by atoms with E-state index in [1.807, 2.05) is 4.90 Å². The average Bonchev–Trinajstić information content (AvgIpc) is 3.09. The van der Waals surface area contributed by atoms with Crippen LogP contribution in [-0.2, 0) is 14.3 Å². The summed E-state index contributed by atoms with van der Waals surface area (Å²) in [4.78, 5) is 28.2. The van der Waals surface area contributed by atoms with Crippen molar-refractivity contribution in [2.24, 2.45) is 17.8 Å². The Hall–Kier alpha value is -1.14. The monoisotopic (exact) mass is 281 g/mol. The van der Waals surface area contributed by atoms with Crippen molar-refractivity contribution < 1.29 is 14.3 Å². The van der Waals surface area contributed by atoms with Crippen molar-refractivity contribution >= 4 is 11.8 Å². The summed E-state index contributed by atoms with van der Waals surface area (Å²) < 4.78 is 5.00. The lowest BCUT2D eigenvalue weighted by Crippen LogP contribution is -2.38. The molecule has 3 aliphatic heterocycles. The van der Waals surface area contributed by atoms with Gasteiger partial charge in [-0.1, -0.05) is 0 Å². The van der Waals surface area contributed by atoms with Gasteiger partial charge in [-0.3, -0.25) is 9.59 Å². The van der Waals surface area contributed by atoms with Crippen LogP contribution >= 0.6 is 0 Å². The quantitative estimate of drug-likeness (QED) is 0.730. The highest BCUT2D eigenvalue weighted by atomic mass is 16.5. The van der Waals surface area contributed by atoms with E-state index < -0.39 is 0 Å². The molecule has 0 aromatic carbocycles. The third-order valence-corrected chi connectivity index (χ3v) is 4.83. The van der Waals surface area contributed by atoms with Gasteiger partial charge in [0.15, 0.2) is 0 Å². The maximum Gasteiger partial charge on any atom is 0.228 e. The molecule has 0 aliphatic carbocycles. The molecule has 112 valence electrons. The molecule has 0 bridgehead atoms. The van der Waals surface area contributed by atoms with E-state index in [0.717, 1.165) is 26.2 Å². The first-order valence-corrected chi connectivity index (χ1v) is 7.45. The molecule has 0 aromatic heterocycles. The van der Waals surface area contributed by atoms with Gasteiger partial charge < -0.3 is 19.9 Å². The maximum absolute atomic E-state index is 12.5. The van der Waals surface area contributed by atoms with E-state index in [4.69, 9.17) is 4.74 Å². The van der Waals surface area contributed by atoms with Crippen molar-refractivity contribution in [3.8, 4) is 0 Å². The van der Waals surface area contributed by atoms with Crippen LogP contribution in [0.25, 0.3) is 0 Å². The largest absolute Gasteiger partial charge is 0.383 e. The van der Waals surface area contributed by atoms with Crippen LogP contribution in [0.1, 0.15) is 6.42 Å². The summed E-state index contributed by atoms with van der Waals surface area (Å²) >= 11 is 0. The van der Waals surface area contributed by atoms with Crippen molar-refractivity contribution in [3.63, 3.8) is 0 Å². The van der Waals surface area contributed by atoms with Gasteiger partial charge in [0.2, 0.25) is 11.8 Å². The van der Waals surface area contributed by atoms with Crippen molar-refractivity contribution in [2.45, 2.75) is 6.42 Å². The minimum Gasteiger partial charge on any atom is -0.383 e. The second-order valence-corrected chi connectivity index (χ2v) is 6.16. The molecule has 3 heterocycles. The van der Waals surface area contributed by atoms with Gasteiger partial charge >= 0.3 is 0 Å². The van der Waals surface area contributed by atoms with Crippen LogP contribution < -0.4 is 5.32 Å².